The van der Waals surface area contributed by atoms with Crippen LogP contribution < -0.4 is 4.74 Å². The van der Waals surface area contributed by atoms with Gasteiger partial charge in [0, 0.05) is 33.6 Å². The highest BCUT2D eigenvalue weighted by molar-refractivity contribution is 8.00. The van der Waals surface area contributed by atoms with E-state index in [0.717, 1.165) is 30.0 Å². The van der Waals surface area contributed by atoms with Gasteiger partial charge in [-0.1, -0.05) is 35.3 Å². The van der Waals surface area contributed by atoms with Crippen molar-refractivity contribution in [2.45, 2.75) is 36.0 Å². The number of nitrogens with zero attached hydrogens (tertiary/aromatic N) is 2. The summed E-state index contributed by atoms with van der Waals surface area (Å²) < 4.78 is 7.34. The summed E-state index contributed by atoms with van der Waals surface area (Å²) in [7, 11) is 1.68. The van der Waals surface area contributed by atoms with Crippen molar-refractivity contribution in [2.75, 3.05) is 7.11 Å². The highest BCUT2D eigenvalue weighted by Crippen LogP contribution is 2.42. The van der Waals surface area contributed by atoms with E-state index in [-0.39, 0.29) is 4.75 Å². The molecule has 3 rings (SSSR count). The Bertz CT molecular complexity index is 868. The smallest absolute Gasteiger partial charge is 0.118 e. The van der Waals surface area contributed by atoms with Crippen LogP contribution in [0.15, 0.2) is 66.1 Å². The molecule has 0 amide bonds. The van der Waals surface area contributed by atoms with Crippen molar-refractivity contribution in [1.82, 2.24) is 9.55 Å². The molecule has 6 heteroatoms. The van der Waals surface area contributed by atoms with Gasteiger partial charge in [-0.2, -0.15) is 0 Å². The number of aryl methyl sites for hydroxylation is 1. The van der Waals surface area contributed by atoms with Crippen LogP contribution in [0, 0.1) is 0 Å². The Balaban J connectivity index is 1.81. The normalized spacial score (nSPS) is 13.3. The van der Waals surface area contributed by atoms with Crippen LogP contribution in [0.4, 0.5) is 0 Å². The Morgan fingerprint density at radius 2 is 1.93 bits per heavy atom. The van der Waals surface area contributed by atoms with Gasteiger partial charge >= 0.3 is 0 Å². The lowest BCUT2D eigenvalue weighted by Gasteiger charge is -2.30. The first-order valence-electron chi connectivity index (χ1n) is 8.70. The van der Waals surface area contributed by atoms with Gasteiger partial charge in [0.2, 0.25) is 0 Å². The molecule has 3 aromatic rings. The quantitative estimate of drug-likeness (QED) is 0.395. The second kappa shape index (κ2) is 9.05. The molecule has 0 spiro atoms. The van der Waals surface area contributed by atoms with Crippen molar-refractivity contribution >= 4 is 35.0 Å². The van der Waals surface area contributed by atoms with Crippen LogP contribution in [-0.2, 0) is 13.0 Å². The van der Waals surface area contributed by atoms with Gasteiger partial charge in [-0.25, -0.2) is 4.98 Å². The van der Waals surface area contributed by atoms with Gasteiger partial charge in [0.1, 0.15) is 5.75 Å². The summed E-state index contributed by atoms with van der Waals surface area (Å²) in [5, 5.41) is 1.34. The zero-order valence-corrected chi connectivity index (χ0v) is 17.7. The second-order valence-corrected chi connectivity index (χ2v) is 9.18. The van der Waals surface area contributed by atoms with Crippen molar-refractivity contribution in [3.63, 3.8) is 0 Å². The molecule has 142 valence electrons. The van der Waals surface area contributed by atoms with Crippen LogP contribution in [0.25, 0.3) is 0 Å². The highest BCUT2D eigenvalue weighted by Gasteiger charge is 2.27. The van der Waals surface area contributed by atoms with Gasteiger partial charge in [-0.3, -0.25) is 0 Å². The Morgan fingerprint density at radius 3 is 2.56 bits per heavy atom. The number of hydrogen-bond donors (Lipinski definition) is 0. The largest absolute Gasteiger partial charge is 0.497 e. The topological polar surface area (TPSA) is 27.1 Å². The predicted molar refractivity (Wildman–Crippen MR) is 114 cm³/mol. The molecular weight excluding hydrogens is 399 g/mol. The van der Waals surface area contributed by atoms with E-state index in [1.165, 1.54) is 5.56 Å². The minimum atomic E-state index is -0.0453. The molecule has 2 aromatic carbocycles. The Morgan fingerprint density at radius 1 is 1.15 bits per heavy atom. The molecule has 0 aliphatic heterocycles. The van der Waals surface area contributed by atoms with Crippen molar-refractivity contribution < 1.29 is 4.74 Å². The fraction of sp³-hybridized carbons (Fsp3) is 0.286. The van der Waals surface area contributed by atoms with Crippen LogP contribution in [0.3, 0.4) is 0 Å². The first-order valence-corrected chi connectivity index (χ1v) is 10.3. The third-order valence-electron chi connectivity index (χ3n) is 4.45. The number of methoxy groups -OCH3 is 1. The number of rotatable bonds is 8. The van der Waals surface area contributed by atoms with E-state index in [9.17, 15) is 0 Å². The summed E-state index contributed by atoms with van der Waals surface area (Å²) in [5.41, 5.74) is 1.27. The summed E-state index contributed by atoms with van der Waals surface area (Å²) in [4.78, 5) is 5.18. The van der Waals surface area contributed by atoms with Crippen molar-refractivity contribution in [3.8, 4) is 5.75 Å². The minimum Gasteiger partial charge on any atom is -0.497 e. The Labute approximate surface area is 174 Å². The highest BCUT2D eigenvalue weighted by atomic mass is 35.5. The maximum Gasteiger partial charge on any atom is 0.118 e. The predicted octanol–water partition coefficient (Wildman–Crippen LogP) is 6.38. The first-order chi connectivity index (χ1) is 13.0. The van der Waals surface area contributed by atoms with Gasteiger partial charge in [0.15, 0.2) is 0 Å². The van der Waals surface area contributed by atoms with Gasteiger partial charge in [0.05, 0.1) is 18.5 Å². The molecule has 0 aliphatic rings. The number of thioether (sulfide) groups is 1. The molecule has 0 saturated heterocycles. The Hall–Kier alpha value is -1.62. The molecule has 0 radical (unpaired) electrons. The fourth-order valence-electron chi connectivity index (χ4n) is 2.96. The number of benzene rings is 2. The average Bonchev–Trinajstić information content (AvgIpc) is 3.17. The lowest BCUT2D eigenvalue weighted by Crippen LogP contribution is -2.25. The summed E-state index contributed by atoms with van der Waals surface area (Å²) in [6, 6.07) is 13.9. The van der Waals surface area contributed by atoms with Crippen LogP contribution in [0.1, 0.15) is 18.9 Å². The number of hydrogen-bond acceptors (Lipinski definition) is 3. The van der Waals surface area contributed by atoms with E-state index in [1.807, 2.05) is 43.0 Å². The van der Waals surface area contributed by atoms with Gasteiger partial charge in [-0.15, -0.1) is 11.8 Å². The molecule has 1 heterocycles. The molecule has 0 N–H and O–H groups in total. The lowest BCUT2D eigenvalue weighted by atomic mass is 9.97. The van der Waals surface area contributed by atoms with Crippen LogP contribution >= 0.6 is 35.0 Å². The second-order valence-electron chi connectivity index (χ2n) is 6.70. The summed E-state index contributed by atoms with van der Waals surface area (Å²) in [5.74, 6) is 0.868. The molecule has 1 unspecified atom stereocenters. The minimum absolute atomic E-state index is 0.0453. The van der Waals surface area contributed by atoms with E-state index in [1.54, 1.807) is 24.9 Å². The van der Waals surface area contributed by atoms with Crippen LogP contribution in [0.2, 0.25) is 10.0 Å². The van der Waals surface area contributed by atoms with Gasteiger partial charge < -0.3 is 9.30 Å². The molecule has 27 heavy (non-hydrogen) atoms. The molecule has 1 aromatic heterocycles. The zero-order chi connectivity index (χ0) is 19.3. The number of ether oxygens (including phenoxy) is 1. The van der Waals surface area contributed by atoms with E-state index in [2.05, 4.69) is 28.6 Å². The van der Waals surface area contributed by atoms with E-state index in [4.69, 9.17) is 27.9 Å². The van der Waals surface area contributed by atoms with Gasteiger partial charge in [0.25, 0.3) is 0 Å². The standard InChI is InChI=1S/C21H22Cl2N2OS/c1-21(9-11-25-12-10-24-15-25,14-16-3-6-18(26-2)7-4-16)27-20-8-5-17(22)13-19(20)23/h3-8,10,12-13,15H,9,11,14H2,1-2H3. The molecule has 1 atom stereocenters. The van der Waals surface area contributed by atoms with Gasteiger partial charge in [-0.05, 0) is 55.7 Å². The first kappa shape index (κ1) is 20.1. The van der Waals surface area contributed by atoms with E-state index >= 15 is 0 Å². The average molecular weight is 421 g/mol. The van der Waals surface area contributed by atoms with Crippen molar-refractivity contribution in [3.05, 3.63) is 76.8 Å². The summed E-state index contributed by atoms with van der Waals surface area (Å²) in [6.45, 7) is 3.18. The van der Waals surface area contributed by atoms with Crippen molar-refractivity contribution in [2.24, 2.45) is 0 Å². The van der Waals surface area contributed by atoms with E-state index in [0.29, 0.717) is 10.0 Å². The zero-order valence-electron chi connectivity index (χ0n) is 15.4. The third-order valence-corrected chi connectivity index (χ3v) is 6.52. The molecule has 3 nitrogen and oxygen atoms in total. The number of imidazole rings is 1. The number of aromatic nitrogens is 2. The number of halogens is 2. The third kappa shape index (κ3) is 5.68. The van der Waals surface area contributed by atoms with E-state index < -0.39 is 0 Å². The summed E-state index contributed by atoms with van der Waals surface area (Å²) in [6.07, 6.45) is 7.54. The monoisotopic (exact) mass is 420 g/mol. The maximum atomic E-state index is 6.44. The summed E-state index contributed by atoms with van der Waals surface area (Å²) >= 11 is 14.3. The van der Waals surface area contributed by atoms with Crippen LogP contribution in [0.5, 0.6) is 5.75 Å². The fourth-order valence-corrected chi connectivity index (χ4v) is 4.74. The molecule has 0 aliphatic carbocycles. The molecule has 0 bridgehead atoms. The van der Waals surface area contributed by atoms with Crippen molar-refractivity contribution in [1.29, 1.82) is 0 Å². The molecular formula is C21H22Cl2N2OS. The lowest BCUT2D eigenvalue weighted by molar-refractivity contribution is 0.414. The molecule has 0 saturated carbocycles. The maximum absolute atomic E-state index is 6.44. The molecule has 0 fully saturated rings. The SMILES string of the molecule is COc1ccc(CC(C)(CCn2ccnc2)Sc2ccc(Cl)cc2Cl)cc1. The Kier molecular flexibility index (Phi) is 6.74. The van der Waals surface area contributed by atoms with Crippen LogP contribution in [-0.4, -0.2) is 21.4 Å².